The van der Waals surface area contributed by atoms with Crippen LogP contribution >= 0.6 is 0 Å². The average molecular weight is 196 g/mol. The zero-order chi connectivity index (χ0) is 10.3. The number of hydrogen-bond acceptors (Lipinski definition) is 2. The van der Waals surface area contributed by atoms with Crippen LogP contribution < -0.4 is 10.4 Å². The van der Waals surface area contributed by atoms with Crippen LogP contribution in [0.15, 0.2) is 36.5 Å². The minimum absolute atomic E-state index is 0.693. The van der Waals surface area contributed by atoms with Gasteiger partial charge < -0.3 is 10.3 Å². The Labute approximate surface area is 88.4 Å². The predicted molar refractivity (Wildman–Crippen MR) is 61.8 cm³/mol. The summed E-state index contributed by atoms with van der Waals surface area (Å²) in [6.07, 6.45) is 6.87. The van der Waals surface area contributed by atoms with Crippen molar-refractivity contribution >= 4 is 17.5 Å². The van der Waals surface area contributed by atoms with Gasteiger partial charge in [-0.1, -0.05) is 30.3 Å². The second-order valence-corrected chi connectivity index (χ2v) is 3.91. The van der Waals surface area contributed by atoms with E-state index in [1.807, 2.05) is 12.3 Å². The van der Waals surface area contributed by atoms with Crippen molar-refractivity contribution in [2.45, 2.75) is 6.42 Å². The maximum absolute atomic E-state index is 7.71. The van der Waals surface area contributed by atoms with E-state index in [0.717, 1.165) is 13.0 Å². The Morgan fingerprint density at radius 1 is 1.20 bits per heavy atom. The van der Waals surface area contributed by atoms with Crippen LogP contribution in [0.4, 0.5) is 0 Å². The molecule has 0 bridgehead atoms. The summed E-state index contributed by atoms with van der Waals surface area (Å²) in [7, 11) is 0. The van der Waals surface area contributed by atoms with E-state index in [-0.39, 0.29) is 0 Å². The highest BCUT2D eigenvalue weighted by Gasteiger charge is 2.15. The molecule has 0 fully saturated rings. The summed E-state index contributed by atoms with van der Waals surface area (Å²) < 4.78 is 0. The molecule has 1 aromatic rings. The molecule has 0 aliphatic carbocycles. The minimum Gasteiger partial charge on any atom is -0.347 e. The fraction of sp³-hybridized carbons (Fsp3) is 0.154. The molecule has 3 rings (SSSR count). The monoisotopic (exact) mass is 196 g/mol. The van der Waals surface area contributed by atoms with E-state index in [9.17, 15) is 0 Å². The van der Waals surface area contributed by atoms with Gasteiger partial charge in [-0.25, -0.2) is 0 Å². The molecule has 1 N–H and O–H groups in total. The molecule has 0 unspecified atom stereocenters. The van der Waals surface area contributed by atoms with Crippen molar-refractivity contribution in [1.82, 2.24) is 4.90 Å². The van der Waals surface area contributed by atoms with Crippen LogP contribution in [0.2, 0.25) is 0 Å². The third-order valence-electron chi connectivity index (χ3n) is 2.94. The number of benzene rings is 1. The standard InChI is InChI=1S/C13H12N2/c14-11-6-8-15-7-5-10-3-1-2-4-12(10)13(15)9-11/h1-6,8,14H,7,9H2. The van der Waals surface area contributed by atoms with Gasteiger partial charge in [-0.05, 0) is 11.3 Å². The number of nitrogens with one attached hydrogen (secondary N) is 1. The topological polar surface area (TPSA) is 27.1 Å². The summed E-state index contributed by atoms with van der Waals surface area (Å²) in [6.45, 7) is 0.927. The van der Waals surface area contributed by atoms with Crippen molar-refractivity contribution < 1.29 is 0 Å². The molecule has 2 heteroatoms. The molecule has 2 nitrogen and oxygen atoms in total. The number of rotatable bonds is 0. The van der Waals surface area contributed by atoms with Gasteiger partial charge in [0.15, 0.2) is 0 Å². The summed E-state index contributed by atoms with van der Waals surface area (Å²) >= 11 is 0. The summed E-state index contributed by atoms with van der Waals surface area (Å²) in [5, 5.41) is 10.3. The van der Waals surface area contributed by atoms with Crippen LogP contribution in [0.3, 0.4) is 0 Å². The van der Waals surface area contributed by atoms with Crippen molar-refractivity contribution in [1.29, 1.82) is 5.41 Å². The maximum Gasteiger partial charge on any atom is 0.0412 e. The van der Waals surface area contributed by atoms with E-state index < -0.39 is 0 Å². The largest absolute Gasteiger partial charge is 0.347 e. The van der Waals surface area contributed by atoms with Gasteiger partial charge in [-0.2, -0.15) is 0 Å². The molecule has 2 heterocycles. The van der Waals surface area contributed by atoms with Crippen molar-refractivity contribution in [3.8, 4) is 0 Å². The molecule has 0 atom stereocenters. The first-order chi connectivity index (χ1) is 7.34. The van der Waals surface area contributed by atoms with Crippen LogP contribution in [0.5, 0.6) is 0 Å². The van der Waals surface area contributed by atoms with E-state index in [1.54, 1.807) is 0 Å². The smallest absolute Gasteiger partial charge is 0.0412 e. The van der Waals surface area contributed by atoms with Crippen LogP contribution in [-0.2, 0) is 0 Å². The van der Waals surface area contributed by atoms with Gasteiger partial charge in [0.2, 0.25) is 0 Å². The molecular formula is C13H12N2. The molecule has 2 aliphatic heterocycles. The number of fused-ring (bicyclic) bond motifs is 2. The van der Waals surface area contributed by atoms with Gasteiger partial charge in [0.05, 0.1) is 0 Å². The Morgan fingerprint density at radius 3 is 3.00 bits per heavy atom. The van der Waals surface area contributed by atoms with Crippen molar-refractivity contribution in [2.24, 2.45) is 0 Å². The molecule has 74 valence electrons. The lowest BCUT2D eigenvalue weighted by Crippen LogP contribution is -2.39. The fourth-order valence-corrected chi connectivity index (χ4v) is 2.17. The highest BCUT2D eigenvalue weighted by atomic mass is 15.1. The Hall–Kier alpha value is -1.83. The highest BCUT2D eigenvalue weighted by Crippen LogP contribution is 2.16. The summed E-state index contributed by atoms with van der Waals surface area (Å²) in [5.41, 5.74) is 1.96. The molecule has 0 spiro atoms. The zero-order valence-corrected chi connectivity index (χ0v) is 8.40. The van der Waals surface area contributed by atoms with Gasteiger partial charge in [0, 0.05) is 35.8 Å². The van der Waals surface area contributed by atoms with E-state index in [4.69, 9.17) is 5.41 Å². The lowest BCUT2D eigenvalue weighted by atomic mass is 10.0. The molecule has 15 heavy (non-hydrogen) atoms. The molecule has 1 aromatic carbocycles. The van der Waals surface area contributed by atoms with E-state index in [0.29, 0.717) is 5.71 Å². The molecule has 0 radical (unpaired) electrons. The van der Waals surface area contributed by atoms with E-state index >= 15 is 0 Å². The summed E-state index contributed by atoms with van der Waals surface area (Å²) in [6, 6.07) is 8.40. The first-order valence-corrected chi connectivity index (χ1v) is 5.15. The lowest BCUT2D eigenvalue weighted by molar-refractivity contribution is 0.578. The Balaban J connectivity index is 2.34. The minimum atomic E-state index is 0.693. The van der Waals surface area contributed by atoms with Gasteiger partial charge in [-0.15, -0.1) is 0 Å². The summed E-state index contributed by atoms with van der Waals surface area (Å²) in [4.78, 5) is 2.22. The molecular weight excluding hydrogens is 184 g/mol. The van der Waals surface area contributed by atoms with Gasteiger partial charge in [-0.3, -0.25) is 0 Å². The molecule has 0 saturated carbocycles. The van der Waals surface area contributed by atoms with Gasteiger partial charge in [0.25, 0.3) is 0 Å². The Morgan fingerprint density at radius 2 is 2.07 bits per heavy atom. The second kappa shape index (κ2) is 3.09. The quantitative estimate of drug-likeness (QED) is 0.653. The van der Waals surface area contributed by atoms with Crippen LogP contribution in [-0.4, -0.2) is 17.2 Å². The summed E-state index contributed by atoms with van der Waals surface area (Å²) in [5.74, 6) is 0. The average Bonchev–Trinajstić information content (AvgIpc) is 2.29. The van der Waals surface area contributed by atoms with E-state index in [1.165, 1.54) is 16.1 Å². The van der Waals surface area contributed by atoms with Crippen molar-refractivity contribution in [3.63, 3.8) is 0 Å². The third kappa shape index (κ3) is 1.30. The maximum atomic E-state index is 7.71. The second-order valence-electron chi connectivity index (χ2n) is 3.91. The molecule has 0 aromatic heterocycles. The van der Waals surface area contributed by atoms with Crippen molar-refractivity contribution in [2.75, 3.05) is 6.54 Å². The third-order valence-corrected chi connectivity index (χ3v) is 2.94. The number of allylic oxidation sites excluding steroid dienone is 1. The van der Waals surface area contributed by atoms with Crippen LogP contribution in [0, 0.1) is 5.41 Å². The Bertz CT molecular complexity index is 566. The lowest BCUT2D eigenvalue weighted by Gasteiger charge is -2.28. The van der Waals surface area contributed by atoms with E-state index in [2.05, 4.69) is 35.2 Å². The molecule has 2 aliphatic rings. The predicted octanol–water partition coefficient (Wildman–Crippen LogP) is 0.828. The van der Waals surface area contributed by atoms with Gasteiger partial charge in [0.1, 0.15) is 0 Å². The highest BCUT2D eigenvalue weighted by molar-refractivity contribution is 5.99. The normalized spacial score (nSPS) is 18.3. The number of nitrogens with zero attached hydrogens (tertiary/aromatic N) is 1. The fourth-order valence-electron chi connectivity index (χ4n) is 2.17. The molecule has 0 amide bonds. The first kappa shape index (κ1) is 8.48. The van der Waals surface area contributed by atoms with Crippen LogP contribution in [0.1, 0.15) is 6.42 Å². The Kier molecular flexibility index (Phi) is 1.75. The first-order valence-electron chi connectivity index (χ1n) is 5.15. The number of hydrogen-bond donors (Lipinski definition) is 1. The molecule has 0 saturated heterocycles. The SMILES string of the molecule is N=C1C=CN2CC=c3ccccc3=C2C1. The zero-order valence-electron chi connectivity index (χ0n) is 8.40. The van der Waals surface area contributed by atoms with Gasteiger partial charge >= 0.3 is 0 Å². The van der Waals surface area contributed by atoms with Crippen LogP contribution in [0.25, 0.3) is 11.8 Å². The van der Waals surface area contributed by atoms with Crippen molar-refractivity contribution in [3.05, 3.63) is 47.0 Å².